The molecule has 1 saturated carbocycles. The minimum Gasteiger partial charge on any atom is -0.368 e. The maximum Gasteiger partial charge on any atom is 0.221 e. The fourth-order valence-corrected chi connectivity index (χ4v) is 3.17. The second-order valence-corrected chi connectivity index (χ2v) is 6.63. The zero-order valence-electron chi connectivity index (χ0n) is 14.0. The van der Waals surface area contributed by atoms with Gasteiger partial charge in [-0.25, -0.2) is 4.98 Å². The zero-order chi connectivity index (χ0) is 17.5. The van der Waals surface area contributed by atoms with Crippen LogP contribution in [0.5, 0.6) is 0 Å². The van der Waals surface area contributed by atoms with E-state index in [-0.39, 0.29) is 5.95 Å². The predicted octanol–water partition coefficient (Wildman–Crippen LogP) is 2.87. The number of aromatic amines is 2. The molecular formula is C18H18N8. The van der Waals surface area contributed by atoms with Crippen molar-refractivity contribution in [1.82, 2.24) is 30.4 Å². The van der Waals surface area contributed by atoms with Gasteiger partial charge in [0.1, 0.15) is 5.82 Å². The number of H-pyrrole nitrogens is 2. The van der Waals surface area contributed by atoms with Crippen molar-refractivity contribution in [2.75, 3.05) is 11.1 Å². The lowest BCUT2D eigenvalue weighted by molar-refractivity contribution is 0.965. The van der Waals surface area contributed by atoms with Crippen LogP contribution in [0.1, 0.15) is 35.6 Å². The first kappa shape index (κ1) is 14.9. The summed E-state index contributed by atoms with van der Waals surface area (Å²) in [5.41, 5.74) is 10.1. The largest absolute Gasteiger partial charge is 0.368 e. The summed E-state index contributed by atoms with van der Waals surface area (Å²) >= 11 is 0. The van der Waals surface area contributed by atoms with Crippen molar-refractivity contribution < 1.29 is 0 Å². The zero-order valence-corrected chi connectivity index (χ0v) is 14.0. The van der Waals surface area contributed by atoms with Crippen LogP contribution in [0.4, 0.5) is 17.6 Å². The predicted molar refractivity (Wildman–Crippen MR) is 99.2 cm³/mol. The van der Waals surface area contributed by atoms with Crippen molar-refractivity contribution in [2.24, 2.45) is 0 Å². The first-order chi connectivity index (χ1) is 12.8. The van der Waals surface area contributed by atoms with Crippen LogP contribution in [0, 0.1) is 0 Å². The molecule has 0 saturated heterocycles. The molecule has 0 bridgehead atoms. The summed E-state index contributed by atoms with van der Waals surface area (Å²) in [5, 5.41) is 18.9. The van der Waals surface area contributed by atoms with Gasteiger partial charge in [0, 0.05) is 41.2 Å². The summed E-state index contributed by atoms with van der Waals surface area (Å²) in [6.07, 6.45) is 6.72. The molecule has 1 aromatic carbocycles. The van der Waals surface area contributed by atoms with Gasteiger partial charge in [-0.1, -0.05) is 12.1 Å². The highest BCUT2D eigenvalue weighted by atomic mass is 15.2. The van der Waals surface area contributed by atoms with E-state index < -0.39 is 0 Å². The van der Waals surface area contributed by atoms with Gasteiger partial charge in [0.2, 0.25) is 5.95 Å². The molecule has 1 aliphatic carbocycles. The quantitative estimate of drug-likeness (QED) is 0.441. The topological polar surface area (TPSA) is 121 Å². The SMILES string of the molecule is Nc1ncc(Cc2cccc3[nH]ncc23)c(Nc2cc(C3CC3)[nH]n2)n1. The third-order valence-corrected chi connectivity index (χ3v) is 4.70. The summed E-state index contributed by atoms with van der Waals surface area (Å²) in [7, 11) is 0. The van der Waals surface area contributed by atoms with Crippen LogP contribution in [0.2, 0.25) is 0 Å². The molecule has 5 rings (SSSR count). The van der Waals surface area contributed by atoms with E-state index in [4.69, 9.17) is 5.73 Å². The van der Waals surface area contributed by atoms with Crippen LogP contribution in [0.15, 0.2) is 36.7 Å². The Morgan fingerprint density at radius 1 is 1.15 bits per heavy atom. The smallest absolute Gasteiger partial charge is 0.221 e. The Morgan fingerprint density at radius 3 is 2.96 bits per heavy atom. The van der Waals surface area contributed by atoms with Crippen LogP contribution in [0.3, 0.4) is 0 Å². The second-order valence-electron chi connectivity index (χ2n) is 6.63. The van der Waals surface area contributed by atoms with Crippen LogP contribution >= 0.6 is 0 Å². The molecule has 26 heavy (non-hydrogen) atoms. The summed E-state index contributed by atoms with van der Waals surface area (Å²) in [6.45, 7) is 0. The molecule has 130 valence electrons. The lowest BCUT2D eigenvalue weighted by Crippen LogP contribution is -2.05. The highest BCUT2D eigenvalue weighted by molar-refractivity contribution is 5.82. The molecule has 3 aromatic heterocycles. The molecule has 0 aliphatic heterocycles. The summed E-state index contributed by atoms with van der Waals surface area (Å²) in [5.74, 6) is 2.27. The molecule has 0 spiro atoms. The van der Waals surface area contributed by atoms with Crippen molar-refractivity contribution in [3.63, 3.8) is 0 Å². The third-order valence-electron chi connectivity index (χ3n) is 4.70. The Bertz CT molecular complexity index is 1080. The molecule has 5 N–H and O–H groups in total. The van der Waals surface area contributed by atoms with E-state index >= 15 is 0 Å². The van der Waals surface area contributed by atoms with Crippen LogP contribution in [-0.4, -0.2) is 30.4 Å². The van der Waals surface area contributed by atoms with Crippen LogP contribution in [-0.2, 0) is 6.42 Å². The summed E-state index contributed by atoms with van der Waals surface area (Å²) in [6, 6.07) is 8.14. The van der Waals surface area contributed by atoms with E-state index in [1.165, 1.54) is 18.5 Å². The Labute approximate surface area is 149 Å². The van der Waals surface area contributed by atoms with Gasteiger partial charge < -0.3 is 11.1 Å². The number of fused-ring (bicyclic) bond motifs is 1. The second kappa shape index (κ2) is 5.83. The van der Waals surface area contributed by atoms with E-state index in [9.17, 15) is 0 Å². The molecule has 0 atom stereocenters. The highest BCUT2D eigenvalue weighted by Crippen LogP contribution is 2.39. The monoisotopic (exact) mass is 346 g/mol. The minimum atomic E-state index is 0.232. The van der Waals surface area contributed by atoms with E-state index in [1.54, 1.807) is 6.20 Å². The van der Waals surface area contributed by atoms with Crippen molar-refractivity contribution >= 4 is 28.5 Å². The van der Waals surface area contributed by atoms with E-state index in [1.807, 2.05) is 24.4 Å². The van der Waals surface area contributed by atoms with Crippen molar-refractivity contribution in [3.8, 4) is 0 Å². The number of nitrogen functional groups attached to an aromatic ring is 1. The van der Waals surface area contributed by atoms with Crippen LogP contribution in [0.25, 0.3) is 10.9 Å². The molecular weight excluding hydrogens is 328 g/mol. The van der Waals surface area contributed by atoms with Gasteiger partial charge in [0.15, 0.2) is 5.82 Å². The maximum atomic E-state index is 5.81. The number of anilines is 3. The summed E-state index contributed by atoms with van der Waals surface area (Å²) in [4.78, 5) is 8.54. The number of hydrogen-bond donors (Lipinski definition) is 4. The molecule has 3 heterocycles. The molecule has 1 fully saturated rings. The Kier molecular flexibility index (Phi) is 3.34. The number of nitrogens with two attached hydrogens (primary N) is 1. The molecule has 8 nitrogen and oxygen atoms in total. The first-order valence-electron chi connectivity index (χ1n) is 8.61. The Hall–Kier alpha value is -3.42. The molecule has 0 radical (unpaired) electrons. The third kappa shape index (κ3) is 2.75. The molecule has 0 unspecified atom stereocenters. The average Bonchev–Trinajstić information content (AvgIpc) is 3.18. The number of nitrogens with zero attached hydrogens (tertiary/aromatic N) is 4. The van der Waals surface area contributed by atoms with Gasteiger partial charge in [0.05, 0.1) is 11.7 Å². The van der Waals surface area contributed by atoms with Crippen molar-refractivity contribution in [2.45, 2.75) is 25.2 Å². The molecule has 8 heteroatoms. The number of rotatable bonds is 5. The lowest BCUT2D eigenvalue weighted by atomic mass is 10.0. The van der Waals surface area contributed by atoms with E-state index in [0.717, 1.165) is 27.8 Å². The maximum absolute atomic E-state index is 5.81. The normalized spacial score (nSPS) is 14.0. The number of hydrogen-bond acceptors (Lipinski definition) is 6. The molecule has 4 aromatic rings. The van der Waals surface area contributed by atoms with Gasteiger partial charge in [-0.2, -0.15) is 15.2 Å². The Morgan fingerprint density at radius 2 is 2.08 bits per heavy atom. The van der Waals surface area contributed by atoms with E-state index in [0.29, 0.717) is 18.2 Å². The Balaban J connectivity index is 1.47. The van der Waals surface area contributed by atoms with Gasteiger partial charge in [-0.15, -0.1) is 0 Å². The minimum absolute atomic E-state index is 0.232. The summed E-state index contributed by atoms with van der Waals surface area (Å²) < 4.78 is 0. The molecule has 1 aliphatic rings. The van der Waals surface area contributed by atoms with Gasteiger partial charge in [0.25, 0.3) is 0 Å². The fraction of sp³-hybridized carbons (Fsp3) is 0.222. The lowest BCUT2D eigenvalue weighted by Gasteiger charge is -2.10. The fourth-order valence-electron chi connectivity index (χ4n) is 3.17. The van der Waals surface area contributed by atoms with Gasteiger partial charge >= 0.3 is 0 Å². The van der Waals surface area contributed by atoms with E-state index in [2.05, 4.69) is 41.7 Å². The number of benzene rings is 1. The van der Waals surface area contributed by atoms with Crippen molar-refractivity contribution in [1.29, 1.82) is 0 Å². The standard InChI is InChI=1S/C18H18N8/c19-18-20-8-12(6-11-2-1-3-14-13(11)9-21-24-14)17(23-18)22-16-7-15(25-26-16)10-4-5-10/h1-3,7-10H,4-6H2,(H,21,24)(H4,19,20,22,23,25,26). The van der Waals surface area contributed by atoms with Gasteiger partial charge in [-0.05, 0) is 24.5 Å². The van der Waals surface area contributed by atoms with Crippen molar-refractivity contribution in [3.05, 3.63) is 53.5 Å². The van der Waals surface area contributed by atoms with Crippen LogP contribution < -0.4 is 11.1 Å². The van der Waals surface area contributed by atoms with Gasteiger partial charge in [-0.3, -0.25) is 10.2 Å². The molecule has 0 amide bonds. The highest BCUT2D eigenvalue weighted by Gasteiger charge is 2.25. The average molecular weight is 346 g/mol. The first-order valence-corrected chi connectivity index (χ1v) is 8.61. The number of nitrogens with one attached hydrogen (secondary N) is 3. The number of aromatic nitrogens is 6.